The molecule has 0 aliphatic carbocycles. The quantitative estimate of drug-likeness (QED) is 0.657. The predicted molar refractivity (Wildman–Crippen MR) is 65.1 cm³/mol. The minimum atomic E-state index is 0.0601. The van der Waals surface area contributed by atoms with Crippen molar-refractivity contribution in [2.24, 2.45) is 0 Å². The summed E-state index contributed by atoms with van der Waals surface area (Å²) in [6.45, 7) is 2.26. The lowest BCUT2D eigenvalue weighted by molar-refractivity contribution is 0.112. The largest absolute Gasteiger partial charge is 0.503 e. The summed E-state index contributed by atoms with van der Waals surface area (Å²) in [6.07, 6.45) is 0.716. The molecule has 0 aliphatic rings. The molecule has 76 valence electrons. The fourth-order valence-electron chi connectivity index (χ4n) is 0.963. The van der Waals surface area contributed by atoms with Crippen LogP contribution in [-0.2, 0) is 0 Å². The molecule has 0 aliphatic heterocycles. The van der Waals surface area contributed by atoms with E-state index in [1.807, 2.05) is 29.5 Å². The smallest absolute Gasteiger partial charge is 0.172 e. The maximum absolute atomic E-state index is 10.7. The van der Waals surface area contributed by atoms with Crippen LogP contribution in [-0.4, -0.2) is 18.0 Å². The van der Waals surface area contributed by atoms with Crippen LogP contribution in [0.2, 0.25) is 0 Å². The Morgan fingerprint density at radius 3 is 2.86 bits per heavy atom. The molecule has 0 bridgehead atoms. The van der Waals surface area contributed by atoms with Gasteiger partial charge < -0.3 is 9.84 Å². The third-order valence-corrected chi connectivity index (χ3v) is 4.25. The van der Waals surface area contributed by atoms with Gasteiger partial charge in [-0.05, 0) is 51.5 Å². The Kier molecular flexibility index (Phi) is 4.18. The molecule has 14 heavy (non-hydrogen) atoms. The van der Waals surface area contributed by atoms with Crippen LogP contribution < -0.4 is 4.74 Å². The van der Waals surface area contributed by atoms with Gasteiger partial charge >= 0.3 is 0 Å². The summed E-state index contributed by atoms with van der Waals surface area (Å²) >= 11 is 5.17. The van der Waals surface area contributed by atoms with Crippen molar-refractivity contribution >= 4 is 44.8 Å². The second-order valence-electron chi connectivity index (χ2n) is 2.49. The van der Waals surface area contributed by atoms with Crippen LogP contribution in [0, 0.1) is 3.57 Å². The highest BCUT2D eigenvalue weighted by atomic mass is 127. The number of hydrogen-bond donors (Lipinski definition) is 1. The van der Waals surface area contributed by atoms with Gasteiger partial charge in [0.1, 0.15) is 0 Å². The lowest BCUT2D eigenvalue weighted by atomic mass is 10.2. The van der Waals surface area contributed by atoms with E-state index in [0.717, 1.165) is 0 Å². The van der Waals surface area contributed by atoms with Crippen LogP contribution >= 0.6 is 38.5 Å². The number of ether oxygens (including phenoxy) is 1. The first kappa shape index (κ1) is 11.8. The van der Waals surface area contributed by atoms with Gasteiger partial charge in [-0.2, -0.15) is 0 Å². The van der Waals surface area contributed by atoms with E-state index in [0.29, 0.717) is 32.2 Å². The molecular formula is C9H8BrIO3. The molecule has 0 spiro atoms. The first-order valence-corrected chi connectivity index (χ1v) is 5.77. The summed E-state index contributed by atoms with van der Waals surface area (Å²) in [5, 5.41) is 9.65. The Labute approximate surface area is 104 Å². The number of carbonyl (C=O) groups excluding carboxylic acids is 1. The molecule has 0 radical (unpaired) electrons. The molecule has 0 aromatic heterocycles. The van der Waals surface area contributed by atoms with Crippen molar-refractivity contribution in [2.75, 3.05) is 6.61 Å². The second-order valence-corrected chi connectivity index (χ2v) is 4.36. The summed E-state index contributed by atoms with van der Waals surface area (Å²) in [7, 11) is 0. The molecule has 0 saturated carbocycles. The Morgan fingerprint density at radius 2 is 2.36 bits per heavy atom. The average Bonchev–Trinajstić information content (AvgIpc) is 2.19. The summed E-state index contributed by atoms with van der Waals surface area (Å²) in [4.78, 5) is 10.7. The average molecular weight is 371 g/mol. The van der Waals surface area contributed by atoms with E-state index in [-0.39, 0.29) is 5.75 Å². The van der Waals surface area contributed by atoms with Crippen LogP contribution in [0.15, 0.2) is 10.5 Å². The molecule has 0 atom stereocenters. The molecule has 0 amide bonds. The van der Waals surface area contributed by atoms with Gasteiger partial charge in [-0.25, -0.2) is 0 Å². The third-order valence-electron chi connectivity index (χ3n) is 1.60. The maximum Gasteiger partial charge on any atom is 0.172 e. The van der Waals surface area contributed by atoms with E-state index >= 15 is 0 Å². The Hall–Kier alpha value is -0.300. The first-order valence-electron chi connectivity index (χ1n) is 3.90. The summed E-state index contributed by atoms with van der Waals surface area (Å²) in [5.41, 5.74) is 0.468. The zero-order valence-electron chi connectivity index (χ0n) is 7.38. The highest BCUT2D eigenvalue weighted by molar-refractivity contribution is 14.1. The fraction of sp³-hybridized carbons (Fsp3) is 0.222. The van der Waals surface area contributed by atoms with Gasteiger partial charge in [0.15, 0.2) is 17.8 Å². The number of phenolic OH excluding ortho intramolecular Hbond substituents is 1. The molecular weight excluding hydrogens is 363 g/mol. The first-order chi connectivity index (χ1) is 6.61. The molecule has 0 unspecified atom stereocenters. The van der Waals surface area contributed by atoms with Gasteiger partial charge in [0.25, 0.3) is 0 Å². The van der Waals surface area contributed by atoms with E-state index < -0.39 is 0 Å². The molecule has 1 rings (SSSR count). The second kappa shape index (κ2) is 4.97. The monoisotopic (exact) mass is 370 g/mol. The highest BCUT2D eigenvalue weighted by Gasteiger charge is 2.14. The van der Waals surface area contributed by atoms with Crippen molar-refractivity contribution in [1.29, 1.82) is 0 Å². The van der Waals surface area contributed by atoms with Gasteiger partial charge in [0.2, 0.25) is 0 Å². The number of hydrogen-bond acceptors (Lipinski definition) is 3. The summed E-state index contributed by atoms with van der Waals surface area (Å²) in [5.74, 6) is 0.395. The van der Waals surface area contributed by atoms with Crippen LogP contribution in [0.25, 0.3) is 0 Å². The minimum absolute atomic E-state index is 0.0601. The number of aromatic hydroxyl groups is 1. The van der Waals surface area contributed by atoms with Crippen molar-refractivity contribution in [3.05, 3.63) is 19.7 Å². The number of benzene rings is 1. The number of halogens is 2. The summed E-state index contributed by atoms with van der Waals surface area (Å²) < 4.78 is 6.35. The summed E-state index contributed by atoms with van der Waals surface area (Å²) in [6, 6.07) is 1.51. The lowest BCUT2D eigenvalue weighted by Gasteiger charge is -2.09. The molecule has 0 saturated heterocycles. The molecule has 0 heterocycles. The van der Waals surface area contributed by atoms with Crippen LogP contribution in [0.3, 0.4) is 0 Å². The SMILES string of the molecule is CCOc1cc(C=O)c(Br)c(I)c1O. The minimum Gasteiger partial charge on any atom is -0.503 e. The van der Waals surface area contributed by atoms with E-state index in [2.05, 4.69) is 15.9 Å². The van der Waals surface area contributed by atoms with Crippen LogP contribution in [0.5, 0.6) is 11.5 Å². The van der Waals surface area contributed by atoms with E-state index in [1.54, 1.807) is 0 Å². The van der Waals surface area contributed by atoms with E-state index in [9.17, 15) is 9.90 Å². The Morgan fingerprint density at radius 1 is 1.71 bits per heavy atom. The van der Waals surface area contributed by atoms with E-state index in [4.69, 9.17) is 4.74 Å². The zero-order valence-corrected chi connectivity index (χ0v) is 11.1. The van der Waals surface area contributed by atoms with E-state index in [1.165, 1.54) is 6.07 Å². The molecule has 1 N–H and O–H groups in total. The van der Waals surface area contributed by atoms with Crippen LogP contribution in [0.1, 0.15) is 17.3 Å². The fourth-order valence-corrected chi connectivity index (χ4v) is 1.94. The Bertz CT molecular complexity index is 366. The third kappa shape index (κ3) is 2.20. The number of rotatable bonds is 3. The van der Waals surface area contributed by atoms with Crippen LogP contribution in [0.4, 0.5) is 0 Å². The molecule has 1 aromatic carbocycles. The lowest BCUT2D eigenvalue weighted by Crippen LogP contribution is -1.96. The normalized spacial score (nSPS) is 9.93. The van der Waals surface area contributed by atoms with Gasteiger partial charge in [-0.1, -0.05) is 0 Å². The maximum atomic E-state index is 10.7. The van der Waals surface area contributed by atoms with Crippen molar-refractivity contribution in [3.8, 4) is 11.5 Å². The topological polar surface area (TPSA) is 46.5 Å². The van der Waals surface area contributed by atoms with Crippen molar-refractivity contribution < 1.29 is 14.6 Å². The molecule has 1 aromatic rings. The molecule has 3 nitrogen and oxygen atoms in total. The standard InChI is InChI=1S/C9H8BrIO3/c1-2-14-6-3-5(4-12)7(10)8(11)9(6)13/h3-4,13H,2H2,1H3. The van der Waals surface area contributed by atoms with Gasteiger partial charge in [0, 0.05) is 10.0 Å². The van der Waals surface area contributed by atoms with Gasteiger partial charge in [-0.3, -0.25) is 4.79 Å². The predicted octanol–water partition coefficient (Wildman–Crippen LogP) is 2.97. The number of carbonyl (C=O) groups is 1. The molecule has 0 fully saturated rings. The van der Waals surface area contributed by atoms with Crippen molar-refractivity contribution in [3.63, 3.8) is 0 Å². The highest BCUT2D eigenvalue weighted by Crippen LogP contribution is 2.38. The zero-order chi connectivity index (χ0) is 10.7. The number of phenols is 1. The molecule has 5 heteroatoms. The van der Waals surface area contributed by atoms with Crippen molar-refractivity contribution in [1.82, 2.24) is 0 Å². The van der Waals surface area contributed by atoms with Gasteiger partial charge in [-0.15, -0.1) is 0 Å². The van der Waals surface area contributed by atoms with Gasteiger partial charge in [0.05, 0.1) is 10.2 Å². The van der Waals surface area contributed by atoms with Crippen molar-refractivity contribution in [2.45, 2.75) is 6.92 Å². The Balaban J connectivity index is 3.32. The number of aldehydes is 1.